The molecule has 11 heavy (non-hydrogen) atoms. The van der Waals surface area contributed by atoms with Crippen molar-refractivity contribution in [3.05, 3.63) is 31.2 Å². The number of hydrogen-bond acceptors (Lipinski definition) is 1. The van der Waals surface area contributed by atoms with Crippen molar-refractivity contribution in [2.45, 2.75) is 19.3 Å². The number of nitrogens with zero attached hydrogens (tertiary/aromatic N) is 2. The van der Waals surface area contributed by atoms with Crippen LogP contribution in [0, 0.1) is 6.42 Å². The zero-order valence-electron chi connectivity index (χ0n) is 6.40. The maximum atomic E-state index is 4.01. The lowest BCUT2D eigenvalue weighted by molar-refractivity contribution is 0.850. The SMILES string of the molecule is [CH]1CC=C(n2ccnc2)CC1. The molecule has 1 aliphatic rings. The second-order valence-electron chi connectivity index (χ2n) is 2.73. The summed E-state index contributed by atoms with van der Waals surface area (Å²) in [5.74, 6) is 0. The van der Waals surface area contributed by atoms with Gasteiger partial charge < -0.3 is 4.57 Å². The van der Waals surface area contributed by atoms with Gasteiger partial charge in [-0.25, -0.2) is 4.98 Å². The Hall–Kier alpha value is -1.05. The summed E-state index contributed by atoms with van der Waals surface area (Å²) in [4.78, 5) is 4.01. The van der Waals surface area contributed by atoms with Gasteiger partial charge in [0.2, 0.25) is 0 Å². The molecule has 0 spiro atoms. The van der Waals surface area contributed by atoms with E-state index in [2.05, 4.69) is 22.0 Å². The second-order valence-corrected chi connectivity index (χ2v) is 2.73. The molecule has 0 N–H and O–H groups in total. The zero-order chi connectivity index (χ0) is 7.52. The topological polar surface area (TPSA) is 17.8 Å². The van der Waals surface area contributed by atoms with Crippen molar-refractivity contribution in [2.24, 2.45) is 0 Å². The molecule has 1 aliphatic carbocycles. The van der Waals surface area contributed by atoms with Gasteiger partial charge >= 0.3 is 0 Å². The van der Waals surface area contributed by atoms with Crippen molar-refractivity contribution in [3.8, 4) is 0 Å². The van der Waals surface area contributed by atoms with Crippen molar-refractivity contribution < 1.29 is 0 Å². The third-order valence-electron chi connectivity index (χ3n) is 1.96. The minimum Gasteiger partial charge on any atom is -0.310 e. The highest BCUT2D eigenvalue weighted by molar-refractivity contribution is 5.46. The van der Waals surface area contributed by atoms with Crippen LogP contribution in [0.15, 0.2) is 24.8 Å². The first kappa shape index (κ1) is 6.65. The van der Waals surface area contributed by atoms with E-state index in [0.717, 1.165) is 12.8 Å². The van der Waals surface area contributed by atoms with Crippen LogP contribution in [-0.4, -0.2) is 9.55 Å². The van der Waals surface area contributed by atoms with Gasteiger partial charge in [-0.05, 0) is 25.7 Å². The van der Waals surface area contributed by atoms with Gasteiger partial charge in [-0.2, -0.15) is 0 Å². The molecule has 1 radical (unpaired) electrons. The smallest absolute Gasteiger partial charge is 0.0989 e. The maximum Gasteiger partial charge on any atom is 0.0989 e. The van der Waals surface area contributed by atoms with E-state index in [9.17, 15) is 0 Å². The van der Waals surface area contributed by atoms with Crippen LogP contribution in [0.25, 0.3) is 5.70 Å². The Labute approximate surface area is 66.6 Å². The molecule has 1 heterocycles. The quantitative estimate of drug-likeness (QED) is 0.595. The van der Waals surface area contributed by atoms with E-state index >= 15 is 0 Å². The summed E-state index contributed by atoms with van der Waals surface area (Å²) in [6, 6.07) is 0. The fourth-order valence-corrected chi connectivity index (χ4v) is 1.35. The number of aromatic nitrogens is 2. The van der Waals surface area contributed by atoms with E-state index in [1.165, 1.54) is 12.1 Å². The summed E-state index contributed by atoms with van der Waals surface area (Å²) < 4.78 is 2.09. The van der Waals surface area contributed by atoms with Crippen LogP contribution in [0.3, 0.4) is 0 Å². The lowest BCUT2D eigenvalue weighted by Crippen LogP contribution is -1.98. The number of imidazole rings is 1. The summed E-state index contributed by atoms with van der Waals surface area (Å²) in [6.45, 7) is 0. The predicted molar refractivity (Wildman–Crippen MR) is 44.7 cm³/mol. The highest BCUT2D eigenvalue weighted by Gasteiger charge is 2.03. The first-order valence-corrected chi connectivity index (χ1v) is 3.96. The Morgan fingerprint density at radius 1 is 1.45 bits per heavy atom. The number of hydrogen-bond donors (Lipinski definition) is 0. The largest absolute Gasteiger partial charge is 0.310 e. The molecule has 0 unspecified atom stereocenters. The maximum absolute atomic E-state index is 4.01. The summed E-state index contributed by atoms with van der Waals surface area (Å²) in [6.07, 6.45) is 13.7. The Balaban J connectivity index is 2.22. The zero-order valence-corrected chi connectivity index (χ0v) is 6.40. The highest BCUT2D eigenvalue weighted by Crippen LogP contribution is 2.19. The molecule has 2 rings (SSSR count). The summed E-state index contributed by atoms with van der Waals surface area (Å²) >= 11 is 0. The molecule has 0 aromatic carbocycles. The van der Waals surface area contributed by atoms with Gasteiger partial charge in [0.05, 0.1) is 6.33 Å². The average molecular weight is 147 g/mol. The molecule has 0 fully saturated rings. The van der Waals surface area contributed by atoms with E-state index in [1.807, 2.05) is 18.7 Å². The van der Waals surface area contributed by atoms with Gasteiger partial charge in [0.1, 0.15) is 0 Å². The normalized spacial score (nSPS) is 18.0. The minimum absolute atomic E-state index is 1.10. The van der Waals surface area contributed by atoms with Crippen LogP contribution in [-0.2, 0) is 0 Å². The van der Waals surface area contributed by atoms with Crippen molar-refractivity contribution in [3.63, 3.8) is 0 Å². The molecule has 1 aromatic rings. The fraction of sp³-hybridized carbons (Fsp3) is 0.333. The molecular weight excluding hydrogens is 136 g/mol. The van der Waals surface area contributed by atoms with Gasteiger partial charge in [-0.3, -0.25) is 0 Å². The van der Waals surface area contributed by atoms with Crippen LogP contribution < -0.4 is 0 Å². The Morgan fingerprint density at radius 3 is 3.09 bits per heavy atom. The van der Waals surface area contributed by atoms with Crippen molar-refractivity contribution in [2.75, 3.05) is 0 Å². The lowest BCUT2D eigenvalue weighted by atomic mass is 10.1. The fourth-order valence-electron chi connectivity index (χ4n) is 1.35. The summed E-state index contributed by atoms with van der Waals surface area (Å²) in [5, 5.41) is 0. The van der Waals surface area contributed by atoms with Crippen molar-refractivity contribution >= 4 is 5.70 Å². The molecule has 0 amide bonds. The third kappa shape index (κ3) is 1.34. The van der Waals surface area contributed by atoms with Crippen molar-refractivity contribution in [1.82, 2.24) is 9.55 Å². The molecule has 2 heteroatoms. The van der Waals surface area contributed by atoms with Gasteiger partial charge in [0, 0.05) is 18.1 Å². The van der Waals surface area contributed by atoms with Gasteiger partial charge in [0.15, 0.2) is 0 Å². The van der Waals surface area contributed by atoms with Crippen LogP contribution >= 0.6 is 0 Å². The second kappa shape index (κ2) is 2.91. The number of allylic oxidation sites excluding steroid dienone is 2. The van der Waals surface area contributed by atoms with E-state index in [1.54, 1.807) is 0 Å². The van der Waals surface area contributed by atoms with Crippen LogP contribution in [0.1, 0.15) is 19.3 Å². The summed E-state index contributed by atoms with van der Waals surface area (Å²) in [7, 11) is 0. The van der Waals surface area contributed by atoms with Gasteiger partial charge in [-0.15, -0.1) is 0 Å². The van der Waals surface area contributed by atoms with E-state index < -0.39 is 0 Å². The predicted octanol–water partition coefficient (Wildman–Crippen LogP) is 2.11. The summed E-state index contributed by atoms with van der Waals surface area (Å²) in [5.41, 5.74) is 1.38. The average Bonchev–Trinajstić information content (AvgIpc) is 2.58. The monoisotopic (exact) mass is 147 g/mol. The molecule has 2 nitrogen and oxygen atoms in total. The van der Waals surface area contributed by atoms with E-state index in [4.69, 9.17) is 0 Å². The Morgan fingerprint density at radius 2 is 2.45 bits per heavy atom. The van der Waals surface area contributed by atoms with Crippen LogP contribution in [0.4, 0.5) is 0 Å². The van der Waals surface area contributed by atoms with E-state index in [0.29, 0.717) is 0 Å². The van der Waals surface area contributed by atoms with Crippen LogP contribution in [0.2, 0.25) is 0 Å². The third-order valence-corrected chi connectivity index (χ3v) is 1.96. The molecule has 0 bridgehead atoms. The first-order chi connectivity index (χ1) is 5.47. The molecule has 57 valence electrons. The molecule has 0 aliphatic heterocycles. The molecule has 0 atom stereocenters. The van der Waals surface area contributed by atoms with Crippen LogP contribution in [0.5, 0.6) is 0 Å². The Bertz CT molecular complexity index is 247. The molecular formula is C9H11N2. The molecule has 0 saturated carbocycles. The van der Waals surface area contributed by atoms with Gasteiger partial charge in [0.25, 0.3) is 0 Å². The lowest BCUT2D eigenvalue weighted by Gasteiger charge is -2.12. The van der Waals surface area contributed by atoms with E-state index in [-0.39, 0.29) is 0 Å². The van der Waals surface area contributed by atoms with Crippen molar-refractivity contribution in [1.29, 1.82) is 0 Å². The molecule has 1 aromatic heterocycles. The first-order valence-electron chi connectivity index (χ1n) is 3.96. The number of rotatable bonds is 1. The Kier molecular flexibility index (Phi) is 1.76. The molecule has 0 saturated heterocycles. The standard InChI is InChI=1S/C9H11N2/c1-2-4-9(5-3-1)11-7-6-10-8-11/h1,4,6-8H,2-3,5H2. The minimum atomic E-state index is 1.10. The van der Waals surface area contributed by atoms with Gasteiger partial charge in [-0.1, -0.05) is 6.08 Å². The highest BCUT2D eigenvalue weighted by atomic mass is 15.0.